The Balaban J connectivity index is 1.40. The van der Waals surface area contributed by atoms with E-state index in [0.717, 1.165) is 74.8 Å². The third-order valence-electron chi connectivity index (χ3n) is 6.99. The van der Waals surface area contributed by atoms with Crippen molar-refractivity contribution in [3.05, 3.63) is 69.9 Å². The van der Waals surface area contributed by atoms with Gasteiger partial charge in [0.15, 0.2) is 11.6 Å². The molecule has 1 saturated heterocycles. The molecule has 0 bridgehead atoms. The van der Waals surface area contributed by atoms with Crippen molar-refractivity contribution >= 4 is 34.6 Å². The highest BCUT2D eigenvalue weighted by atomic mass is 35.5. The molecule has 2 aliphatic heterocycles. The molecule has 0 amide bonds. The number of aromatic nitrogens is 2. The van der Waals surface area contributed by atoms with E-state index < -0.39 is 11.9 Å². The van der Waals surface area contributed by atoms with Gasteiger partial charge in [0.2, 0.25) is 0 Å². The summed E-state index contributed by atoms with van der Waals surface area (Å²) in [6, 6.07) is 6.42. The monoisotopic (exact) mass is 587 g/mol. The number of halogens is 3. The maximum Gasteiger partial charge on any atom is 0.166 e. The van der Waals surface area contributed by atoms with Crippen molar-refractivity contribution < 1.29 is 18.6 Å². The number of hydrogen-bond donors (Lipinski definition) is 2. The molecule has 3 aromatic rings. The standard InChI is InChI=1S/C29H32Cl2FN5O3/c1-18(26-22(30)2-3-23(32)27(26)31)40-25-15-21(17-36-29(25)33)20-14-24(39-13-10-37-8-11-38-12-9-37)28(35-16-20)19-4-6-34-7-5-19/h2-4,14-18,34H,5-13H2,1H3,(H2,33,36)/t18-/m1/s1. The van der Waals surface area contributed by atoms with Crippen LogP contribution < -0.4 is 20.5 Å². The molecule has 5 rings (SSSR count). The smallest absolute Gasteiger partial charge is 0.166 e. The van der Waals surface area contributed by atoms with Crippen molar-refractivity contribution in [1.29, 1.82) is 0 Å². The average Bonchev–Trinajstić information content (AvgIpc) is 2.97. The molecule has 2 aliphatic rings. The van der Waals surface area contributed by atoms with E-state index in [9.17, 15) is 4.39 Å². The van der Waals surface area contributed by atoms with E-state index in [4.69, 9.17) is 48.1 Å². The number of nitrogens with zero attached hydrogens (tertiary/aromatic N) is 3. The molecule has 3 N–H and O–H groups in total. The SMILES string of the molecule is C[C@@H](Oc1cc(-c2cnc(C3=CCNCC3)c(OCCN3CCOCC3)c2)cnc1N)c1c(Cl)ccc(F)c1Cl. The molecule has 8 nitrogen and oxygen atoms in total. The fourth-order valence-corrected chi connectivity index (χ4v) is 5.45. The molecule has 212 valence electrons. The van der Waals surface area contributed by atoms with Crippen LogP contribution in [0.1, 0.15) is 30.7 Å². The largest absolute Gasteiger partial charge is 0.490 e. The zero-order valence-corrected chi connectivity index (χ0v) is 23.8. The van der Waals surface area contributed by atoms with Gasteiger partial charge in [-0.15, -0.1) is 0 Å². The number of benzene rings is 1. The number of rotatable bonds is 9. The molecule has 0 radical (unpaired) electrons. The van der Waals surface area contributed by atoms with Gasteiger partial charge in [-0.2, -0.15) is 0 Å². The van der Waals surface area contributed by atoms with Gasteiger partial charge >= 0.3 is 0 Å². The van der Waals surface area contributed by atoms with E-state index in [0.29, 0.717) is 28.7 Å². The van der Waals surface area contributed by atoms with Crippen LogP contribution in [0, 0.1) is 5.82 Å². The Kier molecular flexibility index (Phi) is 9.39. The number of morpholine rings is 1. The number of nitrogens with one attached hydrogen (secondary N) is 1. The van der Waals surface area contributed by atoms with Crippen LogP contribution in [0.4, 0.5) is 10.2 Å². The summed E-state index contributed by atoms with van der Waals surface area (Å²) >= 11 is 12.5. The van der Waals surface area contributed by atoms with E-state index in [2.05, 4.69) is 21.3 Å². The lowest BCUT2D eigenvalue weighted by Crippen LogP contribution is -2.38. The third-order valence-corrected chi connectivity index (χ3v) is 7.71. The highest BCUT2D eigenvalue weighted by Crippen LogP contribution is 2.38. The number of nitrogens with two attached hydrogens (primary N) is 1. The van der Waals surface area contributed by atoms with Crippen molar-refractivity contribution in [2.45, 2.75) is 19.4 Å². The molecule has 0 unspecified atom stereocenters. The van der Waals surface area contributed by atoms with E-state index >= 15 is 0 Å². The van der Waals surface area contributed by atoms with Gasteiger partial charge in [0, 0.05) is 60.3 Å². The number of ether oxygens (including phenoxy) is 3. The van der Waals surface area contributed by atoms with Crippen LogP contribution in [0.15, 0.2) is 42.7 Å². The predicted molar refractivity (Wildman–Crippen MR) is 156 cm³/mol. The van der Waals surface area contributed by atoms with Crippen molar-refractivity contribution in [3.8, 4) is 22.6 Å². The van der Waals surface area contributed by atoms with Crippen LogP contribution >= 0.6 is 23.2 Å². The molecule has 0 spiro atoms. The normalized spacial score (nSPS) is 16.9. The second kappa shape index (κ2) is 13.1. The maximum atomic E-state index is 14.1. The second-order valence-corrected chi connectivity index (χ2v) is 10.5. The summed E-state index contributed by atoms with van der Waals surface area (Å²) < 4.78 is 32.0. The third kappa shape index (κ3) is 6.67. The van der Waals surface area contributed by atoms with Crippen molar-refractivity contribution in [2.24, 2.45) is 0 Å². The number of hydrogen-bond acceptors (Lipinski definition) is 8. The first-order chi connectivity index (χ1) is 19.4. The molecular formula is C29H32Cl2FN5O3. The summed E-state index contributed by atoms with van der Waals surface area (Å²) in [7, 11) is 0. The van der Waals surface area contributed by atoms with Gasteiger partial charge in [-0.05, 0) is 49.7 Å². The lowest BCUT2D eigenvalue weighted by atomic mass is 10.0. The van der Waals surface area contributed by atoms with E-state index in [1.165, 1.54) is 12.1 Å². The summed E-state index contributed by atoms with van der Waals surface area (Å²) in [4.78, 5) is 11.5. The minimum absolute atomic E-state index is 0.0893. The molecule has 0 aliphatic carbocycles. The molecule has 1 fully saturated rings. The predicted octanol–water partition coefficient (Wildman–Crippen LogP) is 5.40. The number of pyridine rings is 2. The van der Waals surface area contributed by atoms with Gasteiger partial charge in [0.1, 0.15) is 30.0 Å². The van der Waals surface area contributed by atoms with Crippen molar-refractivity contribution in [3.63, 3.8) is 0 Å². The Labute approximate surface area is 243 Å². The lowest BCUT2D eigenvalue weighted by Gasteiger charge is -2.26. The molecule has 4 heterocycles. The molecule has 0 saturated carbocycles. The highest BCUT2D eigenvalue weighted by molar-refractivity contribution is 6.36. The Morgan fingerprint density at radius 2 is 1.88 bits per heavy atom. The van der Waals surface area contributed by atoms with Gasteiger partial charge in [-0.1, -0.05) is 29.3 Å². The summed E-state index contributed by atoms with van der Waals surface area (Å²) in [5.74, 6) is 0.643. The van der Waals surface area contributed by atoms with Crippen LogP contribution in [0.25, 0.3) is 16.7 Å². The van der Waals surface area contributed by atoms with Crippen LogP contribution in [-0.2, 0) is 4.74 Å². The summed E-state index contributed by atoms with van der Waals surface area (Å²) in [5.41, 5.74) is 10.0. The lowest BCUT2D eigenvalue weighted by molar-refractivity contribution is 0.0322. The first kappa shape index (κ1) is 28.6. The van der Waals surface area contributed by atoms with Crippen molar-refractivity contribution in [2.75, 3.05) is 58.3 Å². The Hall–Kier alpha value is -2.95. The van der Waals surface area contributed by atoms with E-state index in [1.807, 2.05) is 6.07 Å². The molecular weight excluding hydrogens is 556 g/mol. The summed E-state index contributed by atoms with van der Waals surface area (Å²) in [6.45, 7) is 8.03. The van der Waals surface area contributed by atoms with Gasteiger partial charge in [-0.3, -0.25) is 9.88 Å². The zero-order valence-electron chi connectivity index (χ0n) is 22.3. The number of anilines is 1. The van der Waals surface area contributed by atoms with E-state index in [1.54, 1.807) is 25.4 Å². The van der Waals surface area contributed by atoms with Gasteiger partial charge < -0.3 is 25.3 Å². The van der Waals surface area contributed by atoms with Gasteiger partial charge in [0.25, 0.3) is 0 Å². The van der Waals surface area contributed by atoms with Gasteiger partial charge in [-0.25, -0.2) is 9.37 Å². The molecule has 2 aromatic heterocycles. The van der Waals surface area contributed by atoms with Crippen LogP contribution in [0.5, 0.6) is 11.5 Å². The van der Waals surface area contributed by atoms with E-state index in [-0.39, 0.29) is 10.8 Å². The molecule has 1 aromatic carbocycles. The molecule has 11 heteroatoms. The summed E-state index contributed by atoms with van der Waals surface area (Å²) in [5, 5.41) is 3.55. The fraction of sp³-hybridized carbons (Fsp3) is 0.379. The average molecular weight is 589 g/mol. The first-order valence-electron chi connectivity index (χ1n) is 13.3. The number of nitrogen functional groups attached to an aromatic ring is 1. The topological polar surface area (TPSA) is 94.8 Å². The Morgan fingerprint density at radius 3 is 2.62 bits per heavy atom. The fourth-order valence-electron chi connectivity index (χ4n) is 4.77. The summed E-state index contributed by atoms with van der Waals surface area (Å²) in [6.07, 6.45) is 5.81. The molecule has 40 heavy (non-hydrogen) atoms. The minimum atomic E-state index is -0.679. The molecule has 1 atom stereocenters. The Morgan fingerprint density at radius 1 is 1.12 bits per heavy atom. The first-order valence-corrected chi connectivity index (χ1v) is 14.1. The maximum absolute atomic E-state index is 14.1. The van der Waals surface area contributed by atoms with Crippen LogP contribution in [-0.4, -0.2) is 67.4 Å². The highest BCUT2D eigenvalue weighted by Gasteiger charge is 2.21. The van der Waals surface area contributed by atoms with Crippen LogP contribution in [0.2, 0.25) is 10.0 Å². The minimum Gasteiger partial charge on any atom is -0.490 e. The Bertz CT molecular complexity index is 1380. The second-order valence-electron chi connectivity index (χ2n) is 9.68. The zero-order chi connectivity index (χ0) is 28.1. The van der Waals surface area contributed by atoms with Crippen LogP contribution in [0.3, 0.4) is 0 Å². The quantitative estimate of drug-likeness (QED) is 0.321. The van der Waals surface area contributed by atoms with Crippen molar-refractivity contribution in [1.82, 2.24) is 20.2 Å². The van der Waals surface area contributed by atoms with Gasteiger partial charge in [0.05, 0.1) is 18.2 Å².